The lowest BCUT2D eigenvalue weighted by molar-refractivity contribution is 0.262. The summed E-state index contributed by atoms with van der Waals surface area (Å²) in [5.41, 5.74) is 3.44. The monoisotopic (exact) mass is 398 g/mol. The number of amides is 2. The molecule has 3 N–H and O–H groups in total. The summed E-state index contributed by atoms with van der Waals surface area (Å²) in [4.78, 5) is 16.8. The molecule has 150 valence electrons. The smallest absolute Gasteiger partial charge is 0.323 e. The van der Waals surface area contributed by atoms with Gasteiger partial charge in [0.15, 0.2) is 5.82 Å². The molecule has 30 heavy (non-hydrogen) atoms. The number of hydrogen-bond acceptors (Lipinski definition) is 4. The number of pyridine rings is 1. The summed E-state index contributed by atoms with van der Waals surface area (Å²) in [5.74, 6) is 0.548. The van der Waals surface area contributed by atoms with E-state index in [0.29, 0.717) is 17.2 Å². The summed E-state index contributed by atoms with van der Waals surface area (Å²) >= 11 is 0. The van der Waals surface area contributed by atoms with Gasteiger partial charge in [-0.15, -0.1) is 0 Å². The lowest BCUT2D eigenvalue weighted by Crippen LogP contribution is -2.21. The molecule has 2 aromatic carbocycles. The molecule has 2 heterocycles. The molecule has 0 aliphatic carbocycles. The fourth-order valence-corrected chi connectivity index (χ4v) is 3.08. The van der Waals surface area contributed by atoms with Gasteiger partial charge >= 0.3 is 6.03 Å². The first-order valence-corrected chi connectivity index (χ1v) is 9.63. The van der Waals surface area contributed by atoms with Gasteiger partial charge in [-0.2, -0.15) is 5.10 Å². The van der Waals surface area contributed by atoms with Crippen LogP contribution in [0.3, 0.4) is 0 Å². The third kappa shape index (κ3) is 4.64. The van der Waals surface area contributed by atoms with Crippen LogP contribution >= 0.6 is 0 Å². The van der Waals surface area contributed by atoms with Crippen LogP contribution in [0, 0.1) is 0 Å². The summed E-state index contributed by atoms with van der Waals surface area (Å²) in [7, 11) is 0. The Balaban J connectivity index is 1.38. The zero-order valence-electron chi connectivity index (χ0n) is 16.5. The molecule has 0 radical (unpaired) electrons. The Morgan fingerprint density at radius 2 is 1.63 bits per heavy atom. The van der Waals surface area contributed by atoms with Gasteiger partial charge < -0.3 is 16.0 Å². The fourth-order valence-electron chi connectivity index (χ4n) is 3.08. The standard InChI is InChI=1S/C23H22N6O/c1-17(18-7-3-2-4-8-18)26-19-10-12-20(13-11-19)27-23(30)28-21-9-5-14-24-22(21)29-16-6-15-25-29/h2-17,26H,1H3,(H2,27,28,30). The van der Waals surface area contributed by atoms with E-state index in [1.807, 2.05) is 42.5 Å². The normalized spacial score (nSPS) is 11.5. The second-order valence-corrected chi connectivity index (χ2v) is 6.76. The van der Waals surface area contributed by atoms with Gasteiger partial charge in [-0.1, -0.05) is 30.3 Å². The van der Waals surface area contributed by atoms with Gasteiger partial charge in [-0.25, -0.2) is 14.5 Å². The molecule has 2 aromatic heterocycles. The second-order valence-electron chi connectivity index (χ2n) is 6.76. The van der Waals surface area contributed by atoms with E-state index in [1.54, 1.807) is 41.5 Å². The quantitative estimate of drug-likeness (QED) is 0.423. The molecule has 0 aliphatic rings. The first-order chi connectivity index (χ1) is 14.7. The number of benzene rings is 2. The zero-order valence-corrected chi connectivity index (χ0v) is 16.5. The van der Waals surface area contributed by atoms with E-state index in [4.69, 9.17) is 0 Å². The maximum atomic E-state index is 12.5. The van der Waals surface area contributed by atoms with E-state index in [-0.39, 0.29) is 12.1 Å². The van der Waals surface area contributed by atoms with Crippen molar-refractivity contribution in [3.8, 4) is 5.82 Å². The average Bonchev–Trinajstić information content (AvgIpc) is 3.31. The van der Waals surface area contributed by atoms with Gasteiger partial charge in [0.25, 0.3) is 0 Å². The van der Waals surface area contributed by atoms with Crippen molar-refractivity contribution in [1.29, 1.82) is 0 Å². The summed E-state index contributed by atoms with van der Waals surface area (Å²) < 4.78 is 1.60. The molecule has 2 amide bonds. The molecule has 1 atom stereocenters. The molecule has 0 fully saturated rings. The molecule has 0 saturated carbocycles. The molecule has 0 bridgehead atoms. The van der Waals surface area contributed by atoms with Crippen LogP contribution in [0.4, 0.5) is 21.9 Å². The third-order valence-electron chi connectivity index (χ3n) is 4.58. The number of carbonyl (C=O) groups excluding carboxylic acids is 1. The van der Waals surface area contributed by atoms with Crippen molar-refractivity contribution >= 4 is 23.1 Å². The van der Waals surface area contributed by atoms with Gasteiger partial charge in [0.2, 0.25) is 0 Å². The van der Waals surface area contributed by atoms with Crippen molar-refractivity contribution in [3.63, 3.8) is 0 Å². The number of hydrogen-bond donors (Lipinski definition) is 3. The Morgan fingerprint density at radius 1 is 0.867 bits per heavy atom. The highest BCUT2D eigenvalue weighted by Crippen LogP contribution is 2.21. The van der Waals surface area contributed by atoms with Crippen LogP contribution < -0.4 is 16.0 Å². The second kappa shape index (κ2) is 8.91. The molecule has 0 aliphatic heterocycles. The van der Waals surface area contributed by atoms with E-state index in [2.05, 4.69) is 45.1 Å². The Morgan fingerprint density at radius 3 is 2.37 bits per heavy atom. The molecular weight excluding hydrogens is 376 g/mol. The number of rotatable bonds is 6. The van der Waals surface area contributed by atoms with Gasteiger partial charge in [-0.05, 0) is 55.0 Å². The largest absolute Gasteiger partial charge is 0.379 e. The SMILES string of the molecule is CC(Nc1ccc(NC(=O)Nc2cccnc2-n2cccn2)cc1)c1ccccc1. The number of anilines is 3. The zero-order chi connectivity index (χ0) is 20.8. The number of carbonyl (C=O) groups is 1. The van der Waals surface area contributed by atoms with Gasteiger partial charge in [0, 0.05) is 36.0 Å². The predicted octanol–water partition coefficient (Wildman–Crippen LogP) is 5.08. The van der Waals surface area contributed by atoms with Crippen LogP contribution in [0.15, 0.2) is 91.4 Å². The minimum atomic E-state index is -0.352. The first-order valence-electron chi connectivity index (χ1n) is 9.63. The van der Waals surface area contributed by atoms with Gasteiger partial charge in [0.05, 0.1) is 5.69 Å². The summed E-state index contributed by atoms with van der Waals surface area (Å²) in [6.45, 7) is 2.11. The van der Waals surface area contributed by atoms with Crippen molar-refractivity contribution in [2.75, 3.05) is 16.0 Å². The third-order valence-corrected chi connectivity index (χ3v) is 4.58. The number of urea groups is 1. The molecule has 0 saturated heterocycles. The van der Waals surface area contributed by atoms with Crippen molar-refractivity contribution in [3.05, 3.63) is 97.0 Å². The van der Waals surface area contributed by atoms with Crippen molar-refractivity contribution < 1.29 is 4.79 Å². The van der Waals surface area contributed by atoms with Crippen molar-refractivity contribution in [2.45, 2.75) is 13.0 Å². The highest BCUT2D eigenvalue weighted by atomic mass is 16.2. The highest BCUT2D eigenvalue weighted by Gasteiger charge is 2.10. The Hall–Kier alpha value is -4.13. The van der Waals surface area contributed by atoms with Crippen LogP contribution in [0.25, 0.3) is 5.82 Å². The fraction of sp³-hybridized carbons (Fsp3) is 0.0870. The molecule has 1 unspecified atom stereocenters. The van der Waals surface area contributed by atoms with Crippen LogP contribution in [-0.2, 0) is 0 Å². The lowest BCUT2D eigenvalue weighted by Gasteiger charge is -2.16. The lowest BCUT2D eigenvalue weighted by atomic mass is 10.1. The minimum Gasteiger partial charge on any atom is -0.379 e. The van der Waals surface area contributed by atoms with E-state index in [1.165, 1.54) is 5.56 Å². The Bertz CT molecular complexity index is 1090. The van der Waals surface area contributed by atoms with Crippen LogP contribution in [0.5, 0.6) is 0 Å². The number of aromatic nitrogens is 3. The molecule has 4 aromatic rings. The number of nitrogens with one attached hydrogen (secondary N) is 3. The van der Waals surface area contributed by atoms with E-state index < -0.39 is 0 Å². The topological polar surface area (TPSA) is 83.9 Å². The summed E-state index contributed by atoms with van der Waals surface area (Å²) in [6.07, 6.45) is 5.09. The van der Waals surface area contributed by atoms with E-state index >= 15 is 0 Å². The van der Waals surface area contributed by atoms with E-state index in [9.17, 15) is 4.79 Å². The molecule has 4 rings (SSSR count). The van der Waals surface area contributed by atoms with Crippen molar-refractivity contribution in [2.24, 2.45) is 0 Å². The maximum absolute atomic E-state index is 12.5. The molecule has 0 spiro atoms. The Kier molecular flexibility index (Phi) is 5.70. The number of nitrogens with zero attached hydrogens (tertiary/aromatic N) is 3. The molecule has 7 nitrogen and oxygen atoms in total. The minimum absolute atomic E-state index is 0.180. The van der Waals surface area contributed by atoms with E-state index in [0.717, 1.165) is 5.69 Å². The summed E-state index contributed by atoms with van der Waals surface area (Å²) in [6, 6.07) is 23.0. The predicted molar refractivity (Wildman–Crippen MR) is 119 cm³/mol. The van der Waals surface area contributed by atoms with Crippen LogP contribution in [0.1, 0.15) is 18.5 Å². The van der Waals surface area contributed by atoms with Gasteiger partial charge in [-0.3, -0.25) is 0 Å². The summed E-state index contributed by atoms with van der Waals surface area (Å²) in [5, 5.41) is 13.3. The average molecular weight is 398 g/mol. The molecule has 7 heteroatoms. The van der Waals surface area contributed by atoms with Crippen molar-refractivity contribution in [1.82, 2.24) is 14.8 Å². The maximum Gasteiger partial charge on any atom is 0.323 e. The Labute approximate surface area is 174 Å². The molecular formula is C23H22N6O. The highest BCUT2D eigenvalue weighted by molar-refractivity contribution is 6.00. The van der Waals surface area contributed by atoms with Crippen LogP contribution in [0.2, 0.25) is 0 Å². The first kappa shape index (κ1) is 19.2. The van der Waals surface area contributed by atoms with Gasteiger partial charge in [0.1, 0.15) is 0 Å². The van der Waals surface area contributed by atoms with Crippen LogP contribution in [-0.4, -0.2) is 20.8 Å².